The molecule has 14 heavy (non-hydrogen) atoms. The largest absolute Gasteiger partial charge is 0.260 e. The third-order valence-corrected chi connectivity index (χ3v) is 2.09. The first-order valence-electron chi connectivity index (χ1n) is 4.35. The van der Waals surface area contributed by atoms with Crippen molar-refractivity contribution in [3.63, 3.8) is 0 Å². The van der Waals surface area contributed by atoms with Crippen molar-refractivity contribution in [2.24, 2.45) is 0 Å². The Bertz CT molecular complexity index is 432. The molecule has 0 aliphatic heterocycles. The first-order valence-corrected chi connectivity index (χ1v) is 4.35. The lowest BCUT2D eigenvalue weighted by Gasteiger charge is -2.01. The number of aromatic nitrogens is 1. The van der Waals surface area contributed by atoms with Gasteiger partial charge in [-0.25, -0.2) is 0 Å². The molecule has 0 N–H and O–H groups in total. The maximum absolute atomic E-state index is 4.33. The number of rotatable bonds is 2. The molecule has 1 aromatic heterocycles. The van der Waals surface area contributed by atoms with E-state index in [1.807, 2.05) is 30.5 Å². The molecule has 2 heteroatoms. The molecule has 1 nitrogen and oxygen atoms in total. The van der Waals surface area contributed by atoms with Crippen molar-refractivity contribution in [1.29, 1.82) is 0 Å². The third kappa shape index (κ3) is 1.94. The van der Waals surface area contributed by atoms with Crippen LogP contribution in [0.1, 0.15) is 5.69 Å². The smallest absolute Gasteiger partial charge is 0.0519 e. The van der Waals surface area contributed by atoms with Crippen LogP contribution in [0.2, 0.25) is 0 Å². The van der Waals surface area contributed by atoms with Crippen LogP contribution in [0.25, 0.3) is 10.8 Å². The van der Waals surface area contributed by atoms with Crippen LogP contribution in [0.4, 0.5) is 0 Å². The van der Waals surface area contributed by atoms with E-state index in [4.69, 9.17) is 0 Å². The molecule has 1 heterocycles. The number of hydrogen-bond donors (Lipinski definition) is 0. The number of benzene rings is 1. The summed E-state index contributed by atoms with van der Waals surface area (Å²) in [5, 5.41) is 2.47. The SMILES string of the molecule is C=CCc1nccc2ccccc12.Cl. The number of halogens is 1. The Labute approximate surface area is 89.9 Å². The molecule has 0 radical (unpaired) electrons. The van der Waals surface area contributed by atoms with Gasteiger partial charge in [0.15, 0.2) is 0 Å². The van der Waals surface area contributed by atoms with Gasteiger partial charge in [0.05, 0.1) is 5.69 Å². The molecule has 1 aromatic carbocycles. The molecular formula is C12H12ClN. The molecule has 0 aliphatic carbocycles. The Morgan fingerprint density at radius 1 is 1.21 bits per heavy atom. The van der Waals surface area contributed by atoms with Gasteiger partial charge in [0.25, 0.3) is 0 Å². The van der Waals surface area contributed by atoms with Crippen molar-refractivity contribution in [3.8, 4) is 0 Å². The van der Waals surface area contributed by atoms with E-state index >= 15 is 0 Å². The average molecular weight is 206 g/mol. The zero-order chi connectivity index (χ0) is 9.10. The van der Waals surface area contributed by atoms with Crippen LogP contribution < -0.4 is 0 Å². The second-order valence-electron chi connectivity index (χ2n) is 2.97. The van der Waals surface area contributed by atoms with E-state index < -0.39 is 0 Å². The zero-order valence-corrected chi connectivity index (χ0v) is 8.63. The van der Waals surface area contributed by atoms with Gasteiger partial charge in [0.1, 0.15) is 0 Å². The summed E-state index contributed by atoms with van der Waals surface area (Å²) in [4.78, 5) is 4.33. The molecular weight excluding hydrogens is 194 g/mol. The second-order valence-corrected chi connectivity index (χ2v) is 2.97. The maximum atomic E-state index is 4.33. The normalized spacial score (nSPS) is 9.43. The molecule has 2 rings (SSSR count). The third-order valence-electron chi connectivity index (χ3n) is 2.09. The minimum absolute atomic E-state index is 0. The molecule has 2 aromatic rings. The zero-order valence-electron chi connectivity index (χ0n) is 7.81. The van der Waals surface area contributed by atoms with Gasteiger partial charge in [0.2, 0.25) is 0 Å². The van der Waals surface area contributed by atoms with Gasteiger partial charge in [-0.05, 0) is 11.5 Å². The Morgan fingerprint density at radius 2 is 2.00 bits per heavy atom. The summed E-state index contributed by atoms with van der Waals surface area (Å²) >= 11 is 0. The van der Waals surface area contributed by atoms with Crippen molar-refractivity contribution in [2.45, 2.75) is 6.42 Å². The minimum Gasteiger partial charge on any atom is -0.260 e. The Kier molecular flexibility index (Phi) is 3.66. The lowest BCUT2D eigenvalue weighted by Crippen LogP contribution is -1.88. The molecule has 0 saturated heterocycles. The van der Waals surface area contributed by atoms with Crippen molar-refractivity contribution in [1.82, 2.24) is 4.98 Å². The molecule has 0 fully saturated rings. The molecule has 0 atom stereocenters. The van der Waals surface area contributed by atoms with Crippen LogP contribution in [0.15, 0.2) is 49.2 Å². The summed E-state index contributed by atoms with van der Waals surface area (Å²) in [7, 11) is 0. The molecule has 0 bridgehead atoms. The number of allylic oxidation sites excluding steroid dienone is 1. The van der Waals surface area contributed by atoms with Gasteiger partial charge in [-0.3, -0.25) is 4.98 Å². The highest BCUT2D eigenvalue weighted by Crippen LogP contribution is 2.16. The van der Waals surface area contributed by atoms with E-state index in [0.717, 1.165) is 12.1 Å². The van der Waals surface area contributed by atoms with E-state index in [9.17, 15) is 0 Å². The highest BCUT2D eigenvalue weighted by molar-refractivity contribution is 5.85. The van der Waals surface area contributed by atoms with E-state index in [1.54, 1.807) is 0 Å². The monoisotopic (exact) mass is 205 g/mol. The topological polar surface area (TPSA) is 12.9 Å². The quantitative estimate of drug-likeness (QED) is 0.685. The summed E-state index contributed by atoms with van der Waals surface area (Å²) in [5.74, 6) is 0. The van der Waals surface area contributed by atoms with Gasteiger partial charge in [-0.1, -0.05) is 30.3 Å². The molecule has 72 valence electrons. The molecule has 0 amide bonds. The first-order chi connectivity index (χ1) is 6.42. The van der Waals surface area contributed by atoms with Crippen molar-refractivity contribution < 1.29 is 0 Å². The predicted octanol–water partition coefficient (Wildman–Crippen LogP) is 3.39. The fourth-order valence-corrected chi connectivity index (χ4v) is 1.48. The summed E-state index contributed by atoms with van der Waals surface area (Å²) < 4.78 is 0. The number of nitrogens with zero attached hydrogens (tertiary/aromatic N) is 1. The molecule has 0 spiro atoms. The second kappa shape index (κ2) is 4.77. The standard InChI is InChI=1S/C12H11N.ClH/c1-2-5-12-11-7-4-3-6-10(11)8-9-13-12;/h2-4,6-9H,1,5H2;1H. The van der Waals surface area contributed by atoms with Crippen LogP contribution in [0.3, 0.4) is 0 Å². The van der Waals surface area contributed by atoms with Gasteiger partial charge in [-0.2, -0.15) is 0 Å². The van der Waals surface area contributed by atoms with Gasteiger partial charge in [0, 0.05) is 18.0 Å². The molecule has 0 unspecified atom stereocenters. The van der Waals surface area contributed by atoms with Crippen molar-refractivity contribution in [3.05, 3.63) is 54.9 Å². The van der Waals surface area contributed by atoms with Gasteiger partial charge in [-0.15, -0.1) is 19.0 Å². The summed E-state index contributed by atoms with van der Waals surface area (Å²) in [5.41, 5.74) is 1.10. The lowest BCUT2D eigenvalue weighted by atomic mass is 10.1. The van der Waals surface area contributed by atoms with E-state index in [-0.39, 0.29) is 12.4 Å². The number of hydrogen-bond acceptors (Lipinski definition) is 1. The predicted molar refractivity (Wildman–Crippen MR) is 62.9 cm³/mol. The molecule has 0 saturated carbocycles. The van der Waals surface area contributed by atoms with Crippen LogP contribution in [-0.4, -0.2) is 4.98 Å². The van der Waals surface area contributed by atoms with Crippen molar-refractivity contribution in [2.75, 3.05) is 0 Å². The molecule has 0 aliphatic rings. The van der Waals surface area contributed by atoms with E-state index in [0.29, 0.717) is 0 Å². The Balaban J connectivity index is 0.000000980. The Morgan fingerprint density at radius 3 is 2.79 bits per heavy atom. The maximum Gasteiger partial charge on any atom is 0.0519 e. The number of pyridine rings is 1. The number of fused-ring (bicyclic) bond motifs is 1. The lowest BCUT2D eigenvalue weighted by molar-refractivity contribution is 1.14. The highest BCUT2D eigenvalue weighted by Gasteiger charge is 1.98. The summed E-state index contributed by atoms with van der Waals surface area (Å²) in [6, 6.07) is 10.3. The van der Waals surface area contributed by atoms with Gasteiger partial charge >= 0.3 is 0 Å². The minimum atomic E-state index is 0. The highest BCUT2D eigenvalue weighted by atomic mass is 35.5. The first kappa shape index (κ1) is 10.7. The van der Waals surface area contributed by atoms with E-state index in [2.05, 4.69) is 23.7 Å². The van der Waals surface area contributed by atoms with Crippen LogP contribution in [-0.2, 0) is 6.42 Å². The van der Waals surface area contributed by atoms with Crippen LogP contribution >= 0.6 is 12.4 Å². The summed E-state index contributed by atoms with van der Waals surface area (Å²) in [6.07, 6.45) is 4.57. The van der Waals surface area contributed by atoms with Gasteiger partial charge < -0.3 is 0 Å². The van der Waals surface area contributed by atoms with E-state index in [1.165, 1.54) is 10.8 Å². The summed E-state index contributed by atoms with van der Waals surface area (Å²) in [6.45, 7) is 3.72. The van der Waals surface area contributed by atoms with Crippen LogP contribution in [0.5, 0.6) is 0 Å². The van der Waals surface area contributed by atoms with Crippen LogP contribution in [0, 0.1) is 0 Å². The fraction of sp³-hybridized carbons (Fsp3) is 0.0833. The average Bonchev–Trinajstić information content (AvgIpc) is 2.19. The van der Waals surface area contributed by atoms with Crippen molar-refractivity contribution >= 4 is 23.2 Å². The fourth-order valence-electron chi connectivity index (χ4n) is 1.48. The Hall–Kier alpha value is -1.34.